The summed E-state index contributed by atoms with van der Waals surface area (Å²) in [5, 5.41) is 10.4. The third kappa shape index (κ3) is 9.09. The van der Waals surface area contributed by atoms with Crippen LogP contribution in [0, 0.1) is 5.92 Å². The molecule has 4 heterocycles. The van der Waals surface area contributed by atoms with E-state index in [9.17, 15) is 23.1 Å². The molecule has 1 unspecified atom stereocenters. The number of aliphatic carboxylic acids is 1. The number of benzene rings is 2. The van der Waals surface area contributed by atoms with Crippen molar-refractivity contribution in [2.24, 2.45) is 5.92 Å². The molecule has 2 saturated heterocycles. The van der Waals surface area contributed by atoms with Gasteiger partial charge in [-0.25, -0.2) is 13.2 Å². The third-order valence-electron chi connectivity index (χ3n) is 9.48. The number of carbonyl (C=O) groups is 1. The van der Waals surface area contributed by atoms with Crippen LogP contribution >= 0.6 is 23.2 Å². The molecule has 0 saturated carbocycles. The first-order valence-electron chi connectivity index (χ1n) is 17.0. The molecule has 2 aromatic heterocycles. The molecule has 10 nitrogen and oxygen atoms in total. The zero-order valence-electron chi connectivity index (χ0n) is 29.1. The molecule has 6 rings (SSSR count). The van der Waals surface area contributed by atoms with Gasteiger partial charge in [-0.3, -0.25) is 14.6 Å². The SMILES string of the molecule is COc1nc(OCc2cccc(-c3cccc(COc4ccc(CN5C[C@@H](F)C[C@H]5C(=O)O)c(OC)n4)c3Cl)c2Cl)ccc1CN1CCC(C(F)F)C1. The normalized spacial score (nSPS) is 19.1. The number of methoxy groups -OCH3 is 2. The first kappa shape index (κ1) is 38.4. The Morgan fingerprint density at radius 2 is 1.38 bits per heavy atom. The number of pyridine rings is 2. The molecule has 2 fully saturated rings. The molecule has 4 aromatic rings. The largest absolute Gasteiger partial charge is 0.481 e. The van der Waals surface area contributed by atoms with E-state index in [-0.39, 0.29) is 44.5 Å². The van der Waals surface area contributed by atoms with Gasteiger partial charge >= 0.3 is 5.97 Å². The third-order valence-corrected chi connectivity index (χ3v) is 10.4. The van der Waals surface area contributed by atoms with Crippen LogP contribution in [0.15, 0.2) is 60.7 Å². The van der Waals surface area contributed by atoms with E-state index in [4.69, 9.17) is 42.1 Å². The number of hydrogen-bond acceptors (Lipinski definition) is 9. The Balaban J connectivity index is 1.10. The van der Waals surface area contributed by atoms with Crippen molar-refractivity contribution >= 4 is 29.2 Å². The molecule has 15 heteroatoms. The van der Waals surface area contributed by atoms with E-state index in [1.165, 1.54) is 14.2 Å². The smallest absolute Gasteiger partial charge is 0.321 e. The van der Waals surface area contributed by atoms with Crippen LogP contribution in [0.2, 0.25) is 10.0 Å². The predicted molar refractivity (Wildman–Crippen MR) is 193 cm³/mol. The fourth-order valence-corrected chi connectivity index (χ4v) is 7.28. The van der Waals surface area contributed by atoms with Gasteiger partial charge < -0.3 is 24.1 Å². The molecule has 0 radical (unpaired) electrons. The van der Waals surface area contributed by atoms with E-state index >= 15 is 0 Å². The van der Waals surface area contributed by atoms with Gasteiger partial charge in [0.25, 0.3) is 0 Å². The van der Waals surface area contributed by atoms with E-state index in [1.54, 1.807) is 23.1 Å². The van der Waals surface area contributed by atoms with E-state index < -0.39 is 30.5 Å². The summed E-state index contributed by atoms with van der Waals surface area (Å²) in [5.41, 5.74) is 4.14. The summed E-state index contributed by atoms with van der Waals surface area (Å²) in [5.74, 6) is -0.487. The predicted octanol–water partition coefficient (Wildman–Crippen LogP) is 7.71. The summed E-state index contributed by atoms with van der Waals surface area (Å²) < 4.78 is 63.2. The van der Waals surface area contributed by atoms with E-state index in [2.05, 4.69) is 9.97 Å². The van der Waals surface area contributed by atoms with Crippen molar-refractivity contribution in [3.63, 3.8) is 0 Å². The quantitative estimate of drug-likeness (QED) is 0.129. The second kappa shape index (κ2) is 17.2. The van der Waals surface area contributed by atoms with Gasteiger partial charge in [-0.1, -0.05) is 59.6 Å². The molecule has 0 aliphatic carbocycles. The fraction of sp³-hybridized carbons (Fsp3) is 0.395. The van der Waals surface area contributed by atoms with Crippen LogP contribution in [0.5, 0.6) is 23.5 Å². The Morgan fingerprint density at radius 1 is 0.830 bits per heavy atom. The Bertz CT molecular complexity index is 1920. The Morgan fingerprint density at radius 3 is 1.87 bits per heavy atom. The minimum absolute atomic E-state index is 0.0168. The highest BCUT2D eigenvalue weighted by Crippen LogP contribution is 2.38. The number of likely N-dealkylation sites (tertiary alicyclic amines) is 2. The van der Waals surface area contributed by atoms with Crippen LogP contribution in [-0.2, 0) is 31.1 Å². The van der Waals surface area contributed by atoms with Gasteiger partial charge in [-0.2, -0.15) is 9.97 Å². The lowest BCUT2D eigenvalue weighted by Crippen LogP contribution is -2.35. The van der Waals surface area contributed by atoms with Crippen molar-refractivity contribution in [3.8, 4) is 34.6 Å². The zero-order valence-corrected chi connectivity index (χ0v) is 30.6. The molecule has 0 spiro atoms. The molecule has 2 aliphatic heterocycles. The maximum atomic E-state index is 14.0. The van der Waals surface area contributed by atoms with E-state index in [0.29, 0.717) is 75.7 Å². The molecule has 1 N–H and O–H groups in total. The van der Waals surface area contributed by atoms with Crippen LogP contribution in [0.25, 0.3) is 11.1 Å². The van der Waals surface area contributed by atoms with Crippen LogP contribution in [0.4, 0.5) is 13.2 Å². The Kier molecular flexibility index (Phi) is 12.5. The highest BCUT2D eigenvalue weighted by Gasteiger charge is 2.37. The minimum Gasteiger partial charge on any atom is -0.481 e. The number of hydrogen-bond donors (Lipinski definition) is 1. The second-order valence-corrected chi connectivity index (χ2v) is 13.8. The average molecular weight is 776 g/mol. The molecule has 53 heavy (non-hydrogen) atoms. The molecule has 2 aromatic carbocycles. The molecule has 0 amide bonds. The summed E-state index contributed by atoms with van der Waals surface area (Å²) in [6.45, 7) is 1.74. The fourth-order valence-electron chi connectivity index (χ4n) is 6.71. The van der Waals surface area contributed by atoms with Crippen LogP contribution in [0.3, 0.4) is 0 Å². The number of ether oxygens (including phenoxy) is 4. The number of alkyl halides is 3. The Labute approximate surface area is 315 Å². The number of aromatic nitrogens is 2. The molecular formula is C38H39Cl2F3N4O6. The zero-order chi connectivity index (χ0) is 37.6. The van der Waals surface area contributed by atoms with Crippen molar-refractivity contribution in [3.05, 3.63) is 93.0 Å². The highest BCUT2D eigenvalue weighted by atomic mass is 35.5. The lowest BCUT2D eigenvalue weighted by Gasteiger charge is -2.21. The van der Waals surface area contributed by atoms with Crippen molar-refractivity contribution in [2.75, 3.05) is 33.9 Å². The number of halogens is 5. The van der Waals surface area contributed by atoms with Crippen molar-refractivity contribution in [1.29, 1.82) is 0 Å². The second-order valence-electron chi connectivity index (χ2n) is 13.0. The van der Waals surface area contributed by atoms with Crippen molar-refractivity contribution in [1.82, 2.24) is 19.8 Å². The van der Waals surface area contributed by atoms with Gasteiger partial charge in [-0.05, 0) is 25.1 Å². The summed E-state index contributed by atoms with van der Waals surface area (Å²) >= 11 is 13.8. The summed E-state index contributed by atoms with van der Waals surface area (Å²) in [7, 11) is 2.96. The minimum atomic E-state index is -2.33. The summed E-state index contributed by atoms with van der Waals surface area (Å²) in [4.78, 5) is 24.1. The van der Waals surface area contributed by atoms with Crippen molar-refractivity contribution in [2.45, 2.75) is 57.8 Å². The summed E-state index contributed by atoms with van der Waals surface area (Å²) in [6, 6.07) is 17.1. The van der Waals surface area contributed by atoms with Gasteiger partial charge in [0.05, 0.1) is 24.3 Å². The monoisotopic (exact) mass is 774 g/mol. The lowest BCUT2D eigenvalue weighted by atomic mass is 10.0. The molecule has 3 atom stereocenters. The van der Waals surface area contributed by atoms with Crippen LogP contribution in [-0.4, -0.2) is 83.3 Å². The molecule has 282 valence electrons. The molecule has 2 aliphatic rings. The van der Waals surface area contributed by atoms with Gasteiger partial charge in [-0.15, -0.1) is 0 Å². The summed E-state index contributed by atoms with van der Waals surface area (Å²) in [6.07, 6.45) is -3.14. The van der Waals surface area contributed by atoms with Gasteiger partial charge in [0.15, 0.2) is 0 Å². The standard InChI is InChI=1S/C38H39Cl2F3N4O6/c1-50-36-23(17-46-14-13-22(16-46)35(42)43)9-11-31(44-36)52-20-25-5-3-7-28(33(25)39)29-8-4-6-26(34(29)40)21-53-32-12-10-24(37(45-32)51-2)18-47-19-27(41)15-30(47)38(48)49/h3-12,22,27,30,35H,13-21H2,1-2H3,(H,48,49)/t22?,27-,30-/m0/s1. The Hall–Kier alpha value is -4.30. The number of rotatable bonds is 15. The first-order chi connectivity index (χ1) is 25.5. The van der Waals surface area contributed by atoms with Crippen LogP contribution < -0.4 is 18.9 Å². The van der Waals surface area contributed by atoms with Gasteiger partial charge in [0, 0.05) is 84.0 Å². The molecule has 0 bridgehead atoms. The van der Waals surface area contributed by atoms with Crippen LogP contribution in [0.1, 0.15) is 35.1 Å². The maximum absolute atomic E-state index is 14.0. The number of carboxylic acids is 1. The number of carboxylic acid groups (broad SMARTS) is 1. The van der Waals surface area contributed by atoms with Gasteiger partial charge in [0.2, 0.25) is 29.9 Å². The first-order valence-corrected chi connectivity index (χ1v) is 17.8. The molecular weight excluding hydrogens is 736 g/mol. The highest BCUT2D eigenvalue weighted by molar-refractivity contribution is 6.37. The average Bonchev–Trinajstić information content (AvgIpc) is 3.78. The maximum Gasteiger partial charge on any atom is 0.321 e. The number of nitrogens with zero attached hydrogens (tertiary/aromatic N) is 4. The van der Waals surface area contributed by atoms with E-state index in [0.717, 1.165) is 5.56 Å². The lowest BCUT2D eigenvalue weighted by molar-refractivity contribution is -0.142. The van der Waals surface area contributed by atoms with E-state index in [1.807, 2.05) is 47.4 Å². The van der Waals surface area contributed by atoms with Gasteiger partial charge in [0.1, 0.15) is 25.4 Å². The topological polar surface area (TPSA) is 106 Å². The van der Waals surface area contributed by atoms with Crippen molar-refractivity contribution < 1.29 is 42.0 Å².